The summed E-state index contributed by atoms with van der Waals surface area (Å²) in [6.45, 7) is 4.14. The molecule has 0 unspecified atom stereocenters. The molecule has 0 aliphatic carbocycles. The molecule has 1 aliphatic heterocycles. The summed E-state index contributed by atoms with van der Waals surface area (Å²) in [7, 11) is 1.71. The van der Waals surface area contributed by atoms with E-state index in [4.69, 9.17) is 0 Å². The Hall–Kier alpha value is -3.10. The van der Waals surface area contributed by atoms with Crippen LogP contribution in [-0.2, 0) is 11.3 Å². The number of benzene rings is 2. The standard InChI is InChI=1S/C23H28N6O2/c1-18(29-25-21(24-26-29)20-11-7-4-8-12-20)22(30)27(2)16-23(31)13-14-28(17-23)15-19-9-5-3-6-10-19/h3-12,18,31H,13-17H2,1-2H3/t18-,23-/m0/s1. The Morgan fingerprint density at radius 1 is 1.16 bits per heavy atom. The molecule has 1 N–H and O–H groups in total. The van der Waals surface area contributed by atoms with E-state index in [9.17, 15) is 9.90 Å². The number of carbonyl (C=O) groups is 1. The Labute approximate surface area is 182 Å². The van der Waals surface area contributed by atoms with Crippen LogP contribution < -0.4 is 0 Å². The lowest BCUT2D eigenvalue weighted by Crippen LogP contribution is -2.47. The van der Waals surface area contributed by atoms with Gasteiger partial charge in [0, 0.05) is 32.2 Å². The summed E-state index contributed by atoms with van der Waals surface area (Å²) in [5.74, 6) is 0.320. The number of rotatable bonds is 7. The number of likely N-dealkylation sites (N-methyl/N-ethyl adjacent to an activating group) is 1. The highest BCUT2D eigenvalue weighted by Gasteiger charge is 2.38. The Bertz CT molecular complexity index is 1010. The molecular weight excluding hydrogens is 392 g/mol. The van der Waals surface area contributed by atoms with Gasteiger partial charge in [-0.05, 0) is 24.1 Å². The van der Waals surface area contributed by atoms with Crippen molar-refractivity contribution in [3.63, 3.8) is 0 Å². The van der Waals surface area contributed by atoms with Gasteiger partial charge in [-0.25, -0.2) is 0 Å². The van der Waals surface area contributed by atoms with Crippen molar-refractivity contribution in [2.45, 2.75) is 31.5 Å². The molecule has 0 bridgehead atoms. The molecule has 1 fully saturated rings. The number of hydrogen-bond acceptors (Lipinski definition) is 6. The van der Waals surface area contributed by atoms with Gasteiger partial charge in [-0.15, -0.1) is 10.2 Å². The number of aliphatic hydroxyl groups is 1. The lowest BCUT2D eigenvalue weighted by atomic mass is 10.0. The number of nitrogens with zero attached hydrogens (tertiary/aromatic N) is 6. The number of likely N-dealkylation sites (tertiary alicyclic amines) is 1. The number of amides is 1. The molecule has 3 aromatic rings. The van der Waals surface area contributed by atoms with E-state index in [1.54, 1.807) is 18.9 Å². The molecule has 4 rings (SSSR count). The highest BCUT2D eigenvalue weighted by molar-refractivity contribution is 5.79. The van der Waals surface area contributed by atoms with Gasteiger partial charge in [-0.1, -0.05) is 60.7 Å². The van der Waals surface area contributed by atoms with Crippen LogP contribution in [0.4, 0.5) is 0 Å². The molecule has 0 spiro atoms. The molecule has 1 amide bonds. The summed E-state index contributed by atoms with van der Waals surface area (Å²) < 4.78 is 0. The van der Waals surface area contributed by atoms with Gasteiger partial charge >= 0.3 is 0 Å². The molecule has 1 aromatic heterocycles. The van der Waals surface area contributed by atoms with Crippen molar-refractivity contribution < 1.29 is 9.90 Å². The maximum atomic E-state index is 13.0. The fourth-order valence-electron chi connectivity index (χ4n) is 4.08. The molecule has 2 heterocycles. The van der Waals surface area contributed by atoms with Crippen molar-refractivity contribution in [2.75, 3.05) is 26.7 Å². The first kappa shape index (κ1) is 21.1. The van der Waals surface area contributed by atoms with E-state index in [0.717, 1.165) is 18.7 Å². The fourth-order valence-corrected chi connectivity index (χ4v) is 4.08. The Morgan fingerprint density at radius 2 is 1.84 bits per heavy atom. The van der Waals surface area contributed by atoms with Crippen molar-refractivity contribution in [1.29, 1.82) is 0 Å². The van der Waals surface area contributed by atoms with Gasteiger partial charge in [0.05, 0.1) is 12.1 Å². The summed E-state index contributed by atoms with van der Waals surface area (Å²) in [6.07, 6.45) is 0.631. The first-order valence-corrected chi connectivity index (χ1v) is 10.5. The predicted molar refractivity (Wildman–Crippen MR) is 117 cm³/mol. The van der Waals surface area contributed by atoms with Gasteiger partial charge in [-0.3, -0.25) is 9.69 Å². The van der Waals surface area contributed by atoms with E-state index >= 15 is 0 Å². The van der Waals surface area contributed by atoms with Crippen LogP contribution in [0.5, 0.6) is 0 Å². The van der Waals surface area contributed by atoms with Gasteiger partial charge < -0.3 is 10.0 Å². The number of β-amino-alcohol motifs (C(OH)–C–C–N with tert-alkyl or cyclic N) is 1. The third-order valence-corrected chi connectivity index (χ3v) is 5.73. The zero-order chi connectivity index (χ0) is 21.8. The highest BCUT2D eigenvalue weighted by atomic mass is 16.3. The summed E-state index contributed by atoms with van der Waals surface area (Å²) in [5, 5.41) is 23.6. The zero-order valence-corrected chi connectivity index (χ0v) is 17.9. The van der Waals surface area contributed by atoms with E-state index in [0.29, 0.717) is 18.8 Å². The number of aromatic nitrogens is 4. The van der Waals surface area contributed by atoms with E-state index < -0.39 is 11.6 Å². The first-order valence-electron chi connectivity index (χ1n) is 10.5. The normalized spacial score (nSPS) is 20.0. The second kappa shape index (κ2) is 8.95. The molecule has 2 aromatic carbocycles. The summed E-state index contributed by atoms with van der Waals surface area (Å²) in [6, 6.07) is 19.1. The summed E-state index contributed by atoms with van der Waals surface area (Å²) >= 11 is 0. The Kier molecular flexibility index (Phi) is 6.11. The molecule has 8 heteroatoms. The average molecular weight is 421 g/mol. The van der Waals surface area contributed by atoms with Gasteiger partial charge in [-0.2, -0.15) is 4.80 Å². The molecule has 1 saturated heterocycles. The van der Waals surface area contributed by atoms with Crippen LogP contribution in [0.15, 0.2) is 60.7 Å². The fraction of sp³-hybridized carbons (Fsp3) is 0.391. The molecule has 162 valence electrons. The smallest absolute Gasteiger partial charge is 0.248 e. The Morgan fingerprint density at radius 3 is 2.55 bits per heavy atom. The van der Waals surface area contributed by atoms with E-state index in [1.165, 1.54) is 10.4 Å². The first-order chi connectivity index (χ1) is 14.9. The monoisotopic (exact) mass is 420 g/mol. The van der Waals surface area contributed by atoms with Crippen molar-refractivity contribution in [3.05, 3.63) is 66.2 Å². The zero-order valence-electron chi connectivity index (χ0n) is 17.9. The molecule has 1 aliphatic rings. The highest BCUT2D eigenvalue weighted by Crippen LogP contribution is 2.24. The van der Waals surface area contributed by atoms with E-state index in [-0.39, 0.29) is 12.5 Å². The minimum atomic E-state index is -0.927. The van der Waals surface area contributed by atoms with Crippen LogP contribution in [0.25, 0.3) is 11.4 Å². The van der Waals surface area contributed by atoms with Gasteiger partial charge in [0.2, 0.25) is 11.7 Å². The average Bonchev–Trinajstić information content (AvgIpc) is 3.41. The van der Waals surface area contributed by atoms with Crippen molar-refractivity contribution >= 4 is 5.91 Å². The van der Waals surface area contributed by atoms with Crippen LogP contribution in [0.1, 0.15) is 24.9 Å². The maximum Gasteiger partial charge on any atom is 0.248 e. The molecule has 31 heavy (non-hydrogen) atoms. The number of hydrogen-bond donors (Lipinski definition) is 1. The lowest BCUT2D eigenvalue weighted by molar-refractivity contribution is -0.136. The van der Waals surface area contributed by atoms with Crippen LogP contribution >= 0.6 is 0 Å². The topological polar surface area (TPSA) is 87.4 Å². The van der Waals surface area contributed by atoms with Crippen molar-refractivity contribution in [1.82, 2.24) is 30.0 Å². The summed E-state index contributed by atoms with van der Waals surface area (Å²) in [4.78, 5) is 18.1. The molecular formula is C23H28N6O2. The van der Waals surface area contributed by atoms with Gasteiger partial charge in [0.1, 0.15) is 6.04 Å². The molecule has 2 atom stereocenters. The number of tetrazole rings is 1. The van der Waals surface area contributed by atoms with Crippen LogP contribution in [0, 0.1) is 0 Å². The third kappa shape index (κ3) is 4.98. The third-order valence-electron chi connectivity index (χ3n) is 5.73. The van der Waals surface area contributed by atoms with Crippen molar-refractivity contribution in [3.8, 4) is 11.4 Å². The lowest BCUT2D eigenvalue weighted by Gasteiger charge is -2.30. The predicted octanol–water partition coefficient (Wildman–Crippen LogP) is 2.00. The van der Waals surface area contributed by atoms with Crippen LogP contribution in [0.2, 0.25) is 0 Å². The molecule has 8 nitrogen and oxygen atoms in total. The van der Waals surface area contributed by atoms with E-state index in [1.807, 2.05) is 48.5 Å². The Balaban J connectivity index is 1.35. The summed E-state index contributed by atoms with van der Waals surface area (Å²) in [5.41, 5.74) is 1.14. The van der Waals surface area contributed by atoms with Gasteiger partial charge in [0.25, 0.3) is 0 Å². The minimum absolute atomic E-state index is 0.160. The van der Waals surface area contributed by atoms with Crippen LogP contribution in [-0.4, -0.2) is 73.3 Å². The SMILES string of the molecule is C[C@@H](C(=O)N(C)C[C@@]1(O)CCN(Cc2ccccc2)C1)n1nnc(-c2ccccc2)n1. The molecule has 0 radical (unpaired) electrons. The van der Waals surface area contributed by atoms with E-state index in [2.05, 4.69) is 32.4 Å². The minimum Gasteiger partial charge on any atom is -0.387 e. The van der Waals surface area contributed by atoms with Crippen molar-refractivity contribution in [2.24, 2.45) is 0 Å². The number of carbonyl (C=O) groups excluding carboxylic acids is 1. The quantitative estimate of drug-likeness (QED) is 0.629. The maximum absolute atomic E-state index is 13.0. The molecule has 0 saturated carbocycles. The van der Waals surface area contributed by atoms with Crippen LogP contribution in [0.3, 0.4) is 0 Å². The van der Waals surface area contributed by atoms with Gasteiger partial charge in [0.15, 0.2) is 0 Å². The largest absolute Gasteiger partial charge is 0.387 e. The second-order valence-electron chi connectivity index (χ2n) is 8.34. The second-order valence-corrected chi connectivity index (χ2v) is 8.34.